The Morgan fingerprint density at radius 1 is 1.10 bits per heavy atom. The van der Waals surface area contributed by atoms with Crippen LogP contribution in [0.1, 0.15) is 49.3 Å². The van der Waals surface area contributed by atoms with E-state index in [4.69, 9.17) is 0 Å². The van der Waals surface area contributed by atoms with Crippen LogP contribution in [0.2, 0.25) is 0 Å². The van der Waals surface area contributed by atoms with Crippen molar-refractivity contribution in [1.29, 1.82) is 0 Å². The number of nitrogens with one attached hydrogen (secondary N) is 1. The molecule has 3 nitrogen and oxygen atoms in total. The first-order valence-electron chi connectivity index (χ1n) is 10.3. The van der Waals surface area contributed by atoms with Gasteiger partial charge in [-0.05, 0) is 74.3 Å². The second-order valence-corrected chi connectivity index (χ2v) is 10.2. The van der Waals surface area contributed by atoms with Gasteiger partial charge in [-0.2, -0.15) is 0 Å². The van der Waals surface area contributed by atoms with E-state index in [1.807, 2.05) is 31.2 Å². The van der Waals surface area contributed by atoms with Gasteiger partial charge in [-0.3, -0.25) is 4.79 Å². The van der Waals surface area contributed by atoms with Crippen LogP contribution in [-0.2, 0) is 4.79 Å². The lowest BCUT2D eigenvalue weighted by Gasteiger charge is -2.40. The lowest BCUT2D eigenvalue weighted by molar-refractivity contribution is -0.118. The fourth-order valence-corrected chi connectivity index (χ4v) is 5.64. The highest BCUT2D eigenvalue weighted by atomic mass is 79.9. The predicted octanol–water partition coefficient (Wildman–Crippen LogP) is 6.82. The second kappa shape index (κ2) is 6.71. The molecule has 1 aliphatic heterocycles. The molecule has 0 saturated heterocycles. The van der Waals surface area contributed by atoms with Crippen molar-refractivity contribution < 1.29 is 9.90 Å². The molecule has 1 unspecified atom stereocenters. The second-order valence-electron chi connectivity index (χ2n) is 9.31. The Morgan fingerprint density at radius 3 is 2.63 bits per heavy atom. The molecule has 0 amide bonds. The van der Waals surface area contributed by atoms with Crippen LogP contribution in [-0.4, -0.2) is 10.9 Å². The number of halogens is 1. The van der Waals surface area contributed by atoms with E-state index in [1.54, 1.807) is 0 Å². The first-order valence-corrected chi connectivity index (χ1v) is 11.1. The van der Waals surface area contributed by atoms with Gasteiger partial charge in [0.15, 0.2) is 5.78 Å². The zero-order chi connectivity index (χ0) is 21.2. The van der Waals surface area contributed by atoms with E-state index in [0.717, 1.165) is 50.8 Å². The fourth-order valence-electron chi connectivity index (χ4n) is 5.07. The average molecular weight is 462 g/mol. The lowest BCUT2D eigenvalue weighted by atomic mass is 9.68. The molecule has 1 aliphatic carbocycles. The maximum absolute atomic E-state index is 13.5. The molecule has 0 spiro atoms. The van der Waals surface area contributed by atoms with E-state index >= 15 is 0 Å². The van der Waals surface area contributed by atoms with Crippen molar-refractivity contribution in [3.8, 4) is 5.75 Å². The van der Waals surface area contributed by atoms with Crippen LogP contribution >= 0.6 is 15.9 Å². The summed E-state index contributed by atoms with van der Waals surface area (Å²) >= 11 is 3.51. The fraction of sp³-hybridized carbons (Fsp3) is 0.269. The van der Waals surface area contributed by atoms with Crippen molar-refractivity contribution >= 4 is 38.2 Å². The predicted molar refractivity (Wildman–Crippen MR) is 125 cm³/mol. The highest BCUT2D eigenvalue weighted by molar-refractivity contribution is 9.10. The molecule has 0 aromatic heterocycles. The summed E-state index contributed by atoms with van der Waals surface area (Å²) < 4.78 is 0.656. The molecule has 0 bridgehead atoms. The Hall–Kier alpha value is -2.59. The highest BCUT2D eigenvalue weighted by Crippen LogP contribution is 2.51. The lowest BCUT2D eigenvalue weighted by Crippen LogP contribution is -2.34. The van der Waals surface area contributed by atoms with Crippen molar-refractivity contribution in [2.24, 2.45) is 5.41 Å². The minimum absolute atomic E-state index is 0.0622. The maximum atomic E-state index is 13.5. The molecule has 0 radical (unpaired) electrons. The number of phenolic OH excluding ortho intramolecular Hbond substituents is 1. The van der Waals surface area contributed by atoms with Gasteiger partial charge in [-0.15, -0.1) is 0 Å². The summed E-state index contributed by atoms with van der Waals surface area (Å²) in [5.74, 6) is 0.289. The summed E-state index contributed by atoms with van der Waals surface area (Å²) in [4.78, 5) is 13.5. The molecule has 0 fully saturated rings. The van der Waals surface area contributed by atoms with Crippen LogP contribution in [0.3, 0.4) is 0 Å². The number of allylic oxidation sites excluding steroid dienone is 2. The Bertz CT molecular complexity index is 1230. The Kier molecular flexibility index (Phi) is 4.33. The molecule has 2 N–H and O–H groups in total. The largest absolute Gasteiger partial charge is 0.506 e. The van der Waals surface area contributed by atoms with Crippen LogP contribution in [0, 0.1) is 12.3 Å². The zero-order valence-corrected chi connectivity index (χ0v) is 18.9. The van der Waals surface area contributed by atoms with Crippen molar-refractivity contribution in [3.05, 3.63) is 81.0 Å². The maximum Gasteiger partial charge on any atom is 0.162 e. The monoisotopic (exact) mass is 461 g/mol. The molecule has 1 atom stereocenters. The van der Waals surface area contributed by atoms with Gasteiger partial charge in [-0.1, -0.05) is 50.2 Å². The number of anilines is 1. The number of hydrogen-bond acceptors (Lipinski definition) is 3. The molecule has 1 heterocycles. The van der Waals surface area contributed by atoms with Gasteiger partial charge in [0.1, 0.15) is 5.75 Å². The van der Waals surface area contributed by atoms with E-state index in [0.29, 0.717) is 10.9 Å². The van der Waals surface area contributed by atoms with Gasteiger partial charge >= 0.3 is 0 Å². The summed E-state index contributed by atoms with van der Waals surface area (Å²) in [6.45, 7) is 6.21. The van der Waals surface area contributed by atoms with Crippen LogP contribution in [0.15, 0.2) is 64.3 Å². The quantitative estimate of drug-likeness (QED) is 0.417. The Labute approximate surface area is 184 Å². The molecule has 3 aromatic rings. The number of hydrogen-bond donors (Lipinski definition) is 2. The van der Waals surface area contributed by atoms with Crippen LogP contribution in [0.5, 0.6) is 5.75 Å². The average Bonchev–Trinajstić information content (AvgIpc) is 2.69. The number of Topliss-reactive ketones (excluding diaryl/α,β-unsaturated/α-hetero) is 1. The van der Waals surface area contributed by atoms with Gasteiger partial charge in [0, 0.05) is 29.3 Å². The summed E-state index contributed by atoms with van der Waals surface area (Å²) in [6, 6.07) is 16.6. The molecule has 5 rings (SSSR count). The minimum Gasteiger partial charge on any atom is -0.506 e. The van der Waals surface area contributed by atoms with Crippen molar-refractivity contribution in [1.82, 2.24) is 0 Å². The number of phenols is 1. The third-order valence-electron chi connectivity index (χ3n) is 6.36. The van der Waals surface area contributed by atoms with Gasteiger partial charge in [0.05, 0.1) is 4.47 Å². The Balaban J connectivity index is 1.84. The molecular formula is C26H24BrNO2. The van der Waals surface area contributed by atoms with E-state index in [2.05, 4.69) is 59.4 Å². The van der Waals surface area contributed by atoms with E-state index < -0.39 is 0 Å². The van der Waals surface area contributed by atoms with Crippen molar-refractivity contribution in [3.63, 3.8) is 0 Å². The molecule has 30 heavy (non-hydrogen) atoms. The third-order valence-corrected chi connectivity index (χ3v) is 6.97. The minimum atomic E-state index is -0.165. The van der Waals surface area contributed by atoms with Crippen molar-refractivity contribution in [2.45, 2.75) is 39.5 Å². The number of carbonyl (C=O) groups excluding carboxylic acids is 1. The third kappa shape index (κ3) is 2.97. The van der Waals surface area contributed by atoms with E-state index in [9.17, 15) is 9.90 Å². The van der Waals surface area contributed by atoms with E-state index in [-0.39, 0.29) is 22.9 Å². The first-order chi connectivity index (χ1) is 14.2. The van der Waals surface area contributed by atoms with Crippen LogP contribution in [0.25, 0.3) is 10.8 Å². The number of carbonyl (C=O) groups is 1. The SMILES string of the molecule is Cc1cc(C2C3=C(CC(C)(C)CC3=O)Nc3ccc4ccccc4c32)cc(Br)c1O. The number of aromatic hydroxyl groups is 1. The molecule has 0 saturated carbocycles. The van der Waals surface area contributed by atoms with Gasteiger partial charge < -0.3 is 10.4 Å². The number of aryl methyl sites for hydroxylation is 1. The summed E-state index contributed by atoms with van der Waals surface area (Å²) in [5, 5.41) is 16.2. The first kappa shape index (κ1) is 19.4. The molecular weight excluding hydrogens is 438 g/mol. The smallest absolute Gasteiger partial charge is 0.162 e. The van der Waals surface area contributed by atoms with Crippen LogP contribution < -0.4 is 5.32 Å². The topological polar surface area (TPSA) is 49.3 Å². The number of ketones is 1. The van der Waals surface area contributed by atoms with Crippen molar-refractivity contribution in [2.75, 3.05) is 5.32 Å². The Morgan fingerprint density at radius 2 is 1.87 bits per heavy atom. The highest BCUT2D eigenvalue weighted by Gasteiger charge is 2.41. The summed E-state index contributed by atoms with van der Waals surface area (Å²) in [6.07, 6.45) is 1.39. The number of fused-ring (bicyclic) bond motifs is 3. The van der Waals surface area contributed by atoms with Gasteiger partial charge in [0.25, 0.3) is 0 Å². The van der Waals surface area contributed by atoms with Gasteiger partial charge in [-0.25, -0.2) is 0 Å². The molecule has 152 valence electrons. The standard InChI is InChI=1S/C26H24BrNO2/c1-14-10-16(11-18(27)25(14)30)22-23-17-7-5-4-6-15(17)8-9-19(23)28-20-12-26(2,3)13-21(29)24(20)22/h4-11,22,28,30H,12-13H2,1-3H3. The summed E-state index contributed by atoms with van der Waals surface area (Å²) in [5.41, 5.74) is 5.86. The molecule has 3 aromatic carbocycles. The van der Waals surface area contributed by atoms with Crippen LogP contribution in [0.4, 0.5) is 5.69 Å². The molecule has 4 heteroatoms. The summed E-state index contributed by atoms with van der Waals surface area (Å²) in [7, 11) is 0. The van der Waals surface area contributed by atoms with E-state index in [1.165, 1.54) is 0 Å². The number of benzene rings is 3. The normalized spacial score (nSPS) is 20.0. The number of rotatable bonds is 1. The molecule has 2 aliphatic rings. The van der Waals surface area contributed by atoms with Gasteiger partial charge in [0.2, 0.25) is 0 Å². The zero-order valence-electron chi connectivity index (χ0n) is 17.3.